The van der Waals surface area contributed by atoms with Gasteiger partial charge in [-0.25, -0.2) is 9.97 Å². The summed E-state index contributed by atoms with van der Waals surface area (Å²) in [6, 6.07) is 7.95. The highest BCUT2D eigenvalue weighted by Gasteiger charge is 2.59. The van der Waals surface area contributed by atoms with Gasteiger partial charge in [-0.05, 0) is 67.6 Å². The molecule has 2 aromatic rings. The van der Waals surface area contributed by atoms with Crippen molar-refractivity contribution in [1.29, 1.82) is 0 Å². The van der Waals surface area contributed by atoms with E-state index in [1.54, 1.807) is 19.2 Å². The van der Waals surface area contributed by atoms with Gasteiger partial charge in [-0.1, -0.05) is 12.5 Å². The van der Waals surface area contributed by atoms with Gasteiger partial charge in [-0.15, -0.1) is 0 Å². The first kappa shape index (κ1) is 24.4. The minimum Gasteiger partial charge on any atom is -0.507 e. The van der Waals surface area contributed by atoms with Crippen molar-refractivity contribution in [3.8, 4) is 5.75 Å². The highest BCUT2D eigenvalue weighted by atomic mass is 16.3. The van der Waals surface area contributed by atoms with Gasteiger partial charge in [0.15, 0.2) is 0 Å². The second-order valence-electron chi connectivity index (χ2n) is 11.7. The maximum atomic E-state index is 12.9. The summed E-state index contributed by atoms with van der Waals surface area (Å²) in [6.07, 6.45) is 9.68. The zero-order chi connectivity index (χ0) is 25.6. The van der Waals surface area contributed by atoms with Crippen LogP contribution in [-0.4, -0.2) is 75.9 Å². The second-order valence-corrected chi connectivity index (χ2v) is 11.7. The molecule has 1 aromatic heterocycles. The van der Waals surface area contributed by atoms with Crippen LogP contribution < -0.4 is 15.5 Å². The minimum atomic E-state index is -1.08. The largest absolute Gasteiger partial charge is 0.507 e. The summed E-state index contributed by atoms with van der Waals surface area (Å²) in [6.45, 7) is 3.23. The molecular formula is C28H38N6O3. The van der Waals surface area contributed by atoms with Crippen LogP contribution in [-0.2, 0) is 6.54 Å². The monoisotopic (exact) mass is 506 g/mol. The fraction of sp³-hybridized carbons (Fsp3) is 0.607. The molecule has 1 aromatic carbocycles. The molecule has 9 nitrogen and oxygen atoms in total. The number of hydrogen-bond donors (Lipinski definition) is 4. The molecule has 6 rings (SSSR count). The maximum Gasteiger partial charge on any atom is 0.255 e. The van der Waals surface area contributed by atoms with Crippen molar-refractivity contribution in [2.24, 2.45) is 11.3 Å². The number of carbonyl (C=O) groups is 1. The number of carbonyl (C=O) groups excluding carboxylic acids is 1. The number of phenols is 1. The van der Waals surface area contributed by atoms with Crippen LogP contribution in [0.1, 0.15) is 60.9 Å². The fourth-order valence-corrected chi connectivity index (χ4v) is 6.87. The number of rotatable bonds is 8. The van der Waals surface area contributed by atoms with Crippen molar-refractivity contribution in [2.45, 2.75) is 63.1 Å². The standard InChI is InChI=1S/C28H38N6O3/c1-29-23-13-24(32-18-31-23)33-11-3-10-28(37,17-33)15-30-26(36)21-7-4-19(12-22(21)35)14-34-16-27(8-2-9-27)25(34)20-5-6-20/h4,7,12-13,18,20,25,35,37H,2-3,5-6,8-11,14-17H2,1H3,(H,30,36)(H,29,31,32)/t25-,28+/m0/s1. The van der Waals surface area contributed by atoms with Crippen LogP contribution in [0, 0.1) is 11.3 Å². The van der Waals surface area contributed by atoms with Crippen LogP contribution in [0.3, 0.4) is 0 Å². The lowest BCUT2D eigenvalue weighted by Crippen LogP contribution is -2.67. The Kier molecular flexibility index (Phi) is 6.23. The SMILES string of the molecule is CNc1cc(N2CCC[C@@](O)(CNC(=O)c3ccc(CN4CC5(CCC5)[C@@H]4C4CC4)cc3O)C2)ncn1. The summed E-state index contributed by atoms with van der Waals surface area (Å²) >= 11 is 0. The number of hydrogen-bond acceptors (Lipinski definition) is 8. The van der Waals surface area contributed by atoms with E-state index in [9.17, 15) is 15.0 Å². The predicted octanol–water partition coefficient (Wildman–Crippen LogP) is 2.75. The predicted molar refractivity (Wildman–Crippen MR) is 142 cm³/mol. The third-order valence-corrected chi connectivity index (χ3v) is 9.02. The molecule has 2 atom stereocenters. The Hall–Kier alpha value is -2.91. The van der Waals surface area contributed by atoms with Crippen LogP contribution in [0.2, 0.25) is 0 Å². The summed E-state index contributed by atoms with van der Waals surface area (Å²) < 4.78 is 0. The van der Waals surface area contributed by atoms with E-state index in [0.717, 1.165) is 43.4 Å². The molecule has 2 saturated carbocycles. The normalized spacial score (nSPS) is 26.9. The Morgan fingerprint density at radius 2 is 1.97 bits per heavy atom. The average molecular weight is 507 g/mol. The van der Waals surface area contributed by atoms with E-state index < -0.39 is 5.60 Å². The van der Waals surface area contributed by atoms with Crippen molar-refractivity contribution in [3.63, 3.8) is 0 Å². The second kappa shape index (κ2) is 9.44. The van der Waals surface area contributed by atoms with Gasteiger partial charge in [0.1, 0.15) is 23.7 Å². The van der Waals surface area contributed by atoms with Crippen LogP contribution in [0.25, 0.3) is 0 Å². The highest BCUT2D eigenvalue weighted by Crippen LogP contribution is 2.60. The number of nitrogens with zero attached hydrogens (tertiary/aromatic N) is 4. The number of aliphatic hydroxyl groups is 1. The zero-order valence-corrected chi connectivity index (χ0v) is 21.6. The van der Waals surface area contributed by atoms with Gasteiger partial charge in [0, 0.05) is 51.9 Å². The Labute approximate surface area is 218 Å². The molecule has 2 saturated heterocycles. The number of β-amino-alcohol motifs (C(OH)–C–C–N with tert-alkyl or cyclic N) is 1. The van der Waals surface area contributed by atoms with Gasteiger partial charge in [-0.2, -0.15) is 0 Å². The van der Waals surface area contributed by atoms with Crippen LogP contribution in [0.5, 0.6) is 5.75 Å². The molecule has 1 amide bonds. The number of likely N-dealkylation sites (tertiary alicyclic amines) is 1. The summed E-state index contributed by atoms with van der Waals surface area (Å²) in [5.41, 5.74) is 0.773. The lowest BCUT2D eigenvalue weighted by molar-refractivity contribution is -0.140. The lowest BCUT2D eigenvalue weighted by atomic mass is 9.56. The van der Waals surface area contributed by atoms with Gasteiger partial charge in [-0.3, -0.25) is 9.69 Å². The molecule has 3 heterocycles. The number of piperidine rings is 1. The van der Waals surface area contributed by atoms with Crippen molar-refractivity contribution >= 4 is 17.5 Å². The first-order valence-electron chi connectivity index (χ1n) is 13.7. The Morgan fingerprint density at radius 3 is 2.68 bits per heavy atom. The molecule has 1 spiro atoms. The highest BCUT2D eigenvalue weighted by molar-refractivity contribution is 5.96. The molecule has 4 aliphatic rings. The van der Waals surface area contributed by atoms with E-state index in [-0.39, 0.29) is 23.8 Å². The van der Waals surface area contributed by atoms with Crippen LogP contribution in [0.15, 0.2) is 30.6 Å². The first-order chi connectivity index (χ1) is 17.9. The Bertz CT molecular complexity index is 1170. The number of benzene rings is 1. The molecule has 9 heteroatoms. The summed E-state index contributed by atoms with van der Waals surface area (Å²) in [5.74, 6) is 1.93. The number of phenolic OH excluding ortho intramolecular Hbond substituents is 1. The van der Waals surface area contributed by atoms with Crippen molar-refractivity contribution < 1.29 is 15.0 Å². The molecule has 4 N–H and O–H groups in total. The van der Waals surface area contributed by atoms with Crippen LogP contribution in [0.4, 0.5) is 11.6 Å². The van der Waals surface area contributed by atoms with Gasteiger partial charge in [0.25, 0.3) is 5.91 Å². The molecule has 2 aliphatic carbocycles. The Balaban J connectivity index is 1.05. The molecule has 0 radical (unpaired) electrons. The molecule has 4 fully saturated rings. The third kappa shape index (κ3) is 4.75. The van der Waals surface area contributed by atoms with E-state index in [1.807, 2.05) is 17.0 Å². The number of amides is 1. The average Bonchev–Trinajstić information content (AvgIpc) is 3.68. The van der Waals surface area contributed by atoms with E-state index in [4.69, 9.17) is 0 Å². The summed E-state index contributed by atoms with van der Waals surface area (Å²) in [5, 5.41) is 27.8. The molecular weight excluding hydrogens is 468 g/mol. The van der Waals surface area contributed by atoms with E-state index >= 15 is 0 Å². The zero-order valence-electron chi connectivity index (χ0n) is 21.6. The van der Waals surface area contributed by atoms with E-state index in [0.29, 0.717) is 30.2 Å². The molecule has 2 aliphatic heterocycles. The van der Waals surface area contributed by atoms with Crippen molar-refractivity contribution in [1.82, 2.24) is 20.2 Å². The fourth-order valence-electron chi connectivity index (χ4n) is 6.87. The molecule has 37 heavy (non-hydrogen) atoms. The summed E-state index contributed by atoms with van der Waals surface area (Å²) in [7, 11) is 1.80. The first-order valence-corrected chi connectivity index (χ1v) is 13.7. The number of nitrogens with one attached hydrogen (secondary N) is 2. The quantitative estimate of drug-likeness (QED) is 0.432. The minimum absolute atomic E-state index is 0.00491. The number of anilines is 2. The number of aromatic nitrogens is 2. The van der Waals surface area contributed by atoms with Gasteiger partial charge in [0.05, 0.1) is 11.2 Å². The van der Waals surface area contributed by atoms with Crippen LogP contribution >= 0.6 is 0 Å². The topological polar surface area (TPSA) is 114 Å². The molecule has 198 valence electrons. The van der Waals surface area contributed by atoms with Crippen molar-refractivity contribution in [3.05, 3.63) is 41.7 Å². The van der Waals surface area contributed by atoms with Gasteiger partial charge < -0.3 is 25.7 Å². The third-order valence-electron chi connectivity index (χ3n) is 9.02. The van der Waals surface area contributed by atoms with E-state index in [2.05, 4.69) is 25.5 Å². The molecule has 0 unspecified atom stereocenters. The smallest absolute Gasteiger partial charge is 0.255 e. The molecule has 0 bridgehead atoms. The Morgan fingerprint density at radius 1 is 1.14 bits per heavy atom. The lowest BCUT2D eigenvalue weighted by Gasteiger charge is -2.63. The van der Waals surface area contributed by atoms with Gasteiger partial charge >= 0.3 is 0 Å². The number of aromatic hydroxyl groups is 1. The van der Waals surface area contributed by atoms with Gasteiger partial charge in [0.2, 0.25) is 0 Å². The summed E-state index contributed by atoms with van der Waals surface area (Å²) in [4.78, 5) is 26.0. The van der Waals surface area contributed by atoms with E-state index in [1.165, 1.54) is 38.4 Å². The van der Waals surface area contributed by atoms with Crippen molar-refractivity contribution in [2.75, 3.05) is 43.4 Å². The maximum absolute atomic E-state index is 12.9.